The molecule has 1 N–H and O–H groups in total. The van der Waals surface area contributed by atoms with Crippen LogP contribution in [0.15, 0.2) is 0 Å². The van der Waals surface area contributed by atoms with Crippen LogP contribution in [0.4, 0.5) is 0 Å². The smallest absolute Gasteiger partial charge is 0.188 e. The summed E-state index contributed by atoms with van der Waals surface area (Å²) in [4.78, 5) is 0. The third-order valence-corrected chi connectivity index (χ3v) is 0.349. The Morgan fingerprint density at radius 1 is 2.00 bits per heavy atom. The van der Waals surface area contributed by atoms with Crippen molar-refractivity contribution in [3.8, 4) is 0 Å². The molecule has 0 aromatic rings. The van der Waals surface area contributed by atoms with Crippen LogP contribution >= 0.6 is 0 Å². The summed E-state index contributed by atoms with van der Waals surface area (Å²) in [6.45, 7) is 1.64. The van der Waals surface area contributed by atoms with Gasteiger partial charge in [0.2, 0.25) is 0 Å². The van der Waals surface area contributed by atoms with Crippen LogP contribution in [0.2, 0.25) is 0 Å². The molecule has 0 heterocycles. The van der Waals surface area contributed by atoms with Crippen molar-refractivity contribution in [3.63, 3.8) is 0 Å². The van der Waals surface area contributed by atoms with Crippen LogP contribution in [-0.4, -0.2) is 11.4 Å². The van der Waals surface area contributed by atoms with Crippen molar-refractivity contribution in [2.45, 2.75) is 19.6 Å². The lowest BCUT2D eigenvalue weighted by Crippen LogP contribution is -1.96. The second-order valence-electron chi connectivity index (χ2n) is 0.863. The van der Waals surface area contributed by atoms with E-state index in [2.05, 4.69) is 0 Å². The Morgan fingerprint density at radius 3 is 2.20 bits per heavy atom. The fraction of sp³-hybridized carbons (Fsp3) is 1.00. The summed E-state index contributed by atoms with van der Waals surface area (Å²) in [5.41, 5.74) is 0. The van der Waals surface area contributed by atoms with Crippen molar-refractivity contribution in [1.82, 2.24) is 0 Å². The van der Waals surface area contributed by atoms with Gasteiger partial charge in [-0.3, -0.25) is 0 Å². The molecule has 1 unspecified atom stereocenters. The number of aliphatic hydroxyl groups excluding tert-OH is 1. The largest absolute Gasteiger partial charge is 0.366 e. The van der Waals surface area contributed by atoms with Gasteiger partial charge in [-0.2, -0.15) is 0 Å². The fourth-order valence-electron chi connectivity index (χ4n) is 0. The maximum atomic E-state index is 9.45. The van der Waals surface area contributed by atoms with Crippen LogP contribution in [-0.2, 0) is 5.11 Å². The molecule has 1 radical (unpaired) electrons. The first-order chi connectivity index (χ1) is 2.27. The van der Waals surface area contributed by atoms with E-state index in [1.54, 1.807) is 6.92 Å². The van der Waals surface area contributed by atoms with E-state index in [4.69, 9.17) is 5.11 Å². The molecule has 0 rings (SSSR count). The minimum absolute atomic E-state index is 0.306. The van der Waals surface area contributed by atoms with Gasteiger partial charge in [-0.1, -0.05) is 6.92 Å². The Balaban J connectivity index is 2.54. The Bertz CT molecular complexity index is 18.9. The molecule has 0 bridgehead atoms. The Labute approximate surface area is 31.1 Å². The van der Waals surface area contributed by atoms with Crippen molar-refractivity contribution in [3.05, 3.63) is 0 Å². The quantitative estimate of drug-likeness (QED) is 0.442. The standard InChI is InChI=1S/C3H7O2/c1-2-3(4)5/h3-4H,2H2,1H3. The van der Waals surface area contributed by atoms with E-state index < -0.39 is 6.29 Å². The molecule has 2 nitrogen and oxygen atoms in total. The summed E-state index contributed by atoms with van der Waals surface area (Å²) < 4.78 is 0. The lowest BCUT2D eigenvalue weighted by atomic mass is 10.5. The minimum Gasteiger partial charge on any atom is -0.366 e. The molecule has 0 fully saturated rings. The topological polar surface area (TPSA) is 40.1 Å². The normalized spacial score (nSPS) is 9.60. The average Bonchev–Trinajstić information content (AvgIpc) is 1.38. The van der Waals surface area contributed by atoms with Gasteiger partial charge in [0.25, 0.3) is 0 Å². The molecule has 5 heavy (non-hydrogen) atoms. The van der Waals surface area contributed by atoms with Crippen molar-refractivity contribution in [2.24, 2.45) is 0 Å². The summed E-state index contributed by atoms with van der Waals surface area (Å²) in [7, 11) is 0. The van der Waals surface area contributed by atoms with Crippen molar-refractivity contribution >= 4 is 0 Å². The molecule has 1 atom stereocenters. The Morgan fingerprint density at radius 2 is 2.20 bits per heavy atom. The summed E-state index contributed by atoms with van der Waals surface area (Å²) in [5.74, 6) is 0. The van der Waals surface area contributed by atoms with E-state index >= 15 is 0 Å². The van der Waals surface area contributed by atoms with Crippen LogP contribution in [0.1, 0.15) is 13.3 Å². The highest BCUT2D eigenvalue weighted by atomic mass is 16.5. The van der Waals surface area contributed by atoms with E-state index in [1.165, 1.54) is 0 Å². The van der Waals surface area contributed by atoms with Crippen LogP contribution in [0.25, 0.3) is 0 Å². The first-order valence-electron chi connectivity index (χ1n) is 1.61. The van der Waals surface area contributed by atoms with Gasteiger partial charge in [0.1, 0.15) is 0 Å². The molecule has 0 aliphatic rings. The number of hydrogen-bond donors (Lipinski definition) is 1. The van der Waals surface area contributed by atoms with Gasteiger partial charge in [-0.05, 0) is 6.42 Å². The summed E-state index contributed by atoms with van der Waals surface area (Å²) in [5, 5.41) is 17.3. The number of aliphatic hydroxyl groups is 1. The molecule has 0 aliphatic carbocycles. The highest BCUT2D eigenvalue weighted by Crippen LogP contribution is 1.78. The van der Waals surface area contributed by atoms with Gasteiger partial charge in [-0.25, -0.2) is 5.11 Å². The monoisotopic (exact) mass is 75.0 g/mol. The maximum Gasteiger partial charge on any atom is 0.188 e. The van der Waals surface area contributed by atoms with Gasteiger partial charge in [0.05, 0.1) is 0 Å². The lowest BCUT2D eigenvalue weighted by Gasteiger charge is -1.86. The highest BCUT2D eigenvalue weighted by Gasteiger charge is 1.87. The van der Waals surface area contributed by atoms with Crippen molar-refractivity contribution in [1.29, 1.82) is 0 Å². The molecule has 0 amide bonds. The molecule has 31 valence electrons. The molecule has 0 spiro atoms. The van der Waals surface area contributed by atoms with Crippen molar-refractivity contribution in [2.75, 3.05) is 0 Å². The second kappa shape index (κ2) is 2.18. The molecular formula is C3H7O2. The molecular weight excluding hydrogens is 68.0 g/mol. The number of hydrogen-bond acceptors (Lipinski definition) is 1. The molecule has 0 saturated heterocycles. The van der Waals surface area contributed by atoms with E-state index in [1.807, 2.05) is 0 Å². The van der Waals surface area contributed by atoms with E-state index in [9.17, 15) is 5.11 Å². The highest BCUT2D eigenvalue weighted by molar-refractivity contribution is 4.21. The molecule has 0 saturated carbocycles. The lowest BCUT2D eigenvalue weighted by molar-refractivity contribution is -0.0924. The maximum absolute atomic E-state index is 9.45. The predicted molar refractivity (Wildman–Crippen MR) is 17.0 cm³/mol. The summed E-state index contributed by atoms with van der Waals surface area (Å²) in [6, 6.07) is 0. The molecule has 0 aromatic heterocycles. The van der Waals surface area contributed by atoms with Gasteiger partial charge in [-0.15, -0.1) is 0 Å². The van der Waals surface area contributed by atoms with Gasteiger partial charge < -0.3 is 5.11 Å². The van der Waals surface area contributed by atoms with E-state index in [-0.39, 0.29) is 0 Å². The first-order valence-corrected chi connectivity index (χ1v) is 1.61. The fourth-order valence-corrected chi connectivity index (χ4v) is 0. The van der Waals surface area contributed by atoms with Gasteiger partial charge in [0, 0.05) is 0 Å². The van der Waals surface area contributed by atoms with Crippen LogP contribution in [0.5, 0.6) is 0 Å². The van der Waals surface area contributed by atoms with Crippen LogP contribution in [0, 0.1) is 0 Å². The van der Waals surface area contributed by atoms with Gasteiger partial charge >= 0.3 is 0 Å². The van der Waals surface area contributed by atoms with Crippen molar-refractivity contribution < 1.29 is 10.2 Å². The van der Waals surface area contributed by atoms with Gasteiger partial charge in [0.15, 0.2) is 6.29 Å². The zero-order valence-electron chi connectivity index (χ0n) is 3.14. The average molecular weight is 75.1 g/mol. The van der Waals surface area contributed by atoms with Crippen LogP contribution < -0.4 is 0 Å². The Kier molecular flexibility index (Phi) is 2.14. The third kappa shape index (κ3) is 3.92. The molecule has 0 aliphatic heterocycles. The molecule has 2 heteroatoms. The zero-order chi connectivity index (χ0) is 4.28. The van der Waals surface area contributed by atoms with E-state index in [0.29, 0.717) is 6.42 Å². The summed E-state index contributed by atoms with van der Waals surface area (Å²) in [6.07, 6.45) is -1.06. The predicted octanol–water partition coefficient (Wildman–Crippen LogP) is 0.145. The minimum atomic E-state index is -1.37. The van der Waals surface area contributed by atoms with Crippen LogP contribution in [0.3, 0.4) is 0 Å². The number of rotatable bonds is 1. The summed E-state index contributed by atoms with van der Waals surface area (Å²) >= 11 is 0. The Hall–Kier alpha value is -0.0800. The SMILES string of the molecule is CCC([O])O. The molecule has 0 aromatic carbocycles. The second-order valence-corrected chi connectivity index (χ2v) is 0.863. The zero-order valence-corrected chi connectivity index (χ0v) is 3.14. The first kappa shape index (κ1) is 4.92. The third-order valence-electron chi connectivity index (χ3n) is 0.349. The van der Waals surface area contributed by atoms with E-state index in [0.717, 1.165) is 0 Å².